The molecule has 1 heterocycles. The van der Waals surface area contributed by atoms with Crippen molar-refractivity contribution in [1.82, 2.24) is 10.2 Å². The largest absolute Gasteiger partial charge is 0.336 e. The van der Waals surface area contributed by atoms with E-state index in [1.807, 2.05) is 6.92 Å². The lowest BCUT2D eigenvalue weighted by molar-refractivity contribution is -0.125. The van der Waals surface area contributed by atoms with Crippen LogP contribution in [0.1, 0.15) is 20.3 Å². The fourth-order valence-electron chi connectivity index (χ4n) is 1.77. The summed E-state index contributed by atoms with van der Waals surface area (Å²) in [6, 6.07) is -1.09. The van der Waals surface area contributed by atoms with Gasteiger partial charge in [-0.2, -0.15) is 0 Å². The molecule has 1 aliphatic rings. The van der Waals surface area contributed by atoms with Crippen LogP contribution >= 0.6 is 0 Å². The van der Waals surface area contributed by atoms with E-state index in [4.69, 9.17) is 0 Å². The van der Waals surface area contributed by atoms with E-state index >= 15 is 0 Å². The van der Waals surface area contributed by atoms with Gasteiger partial charge in [0.2, 0.25) is 0 Å². The van der Waals surface area contributed by atoms with Crippen molar-refractivity contribution in [2.24, 2.45) is 0 Å². The highest BCUT2D eigenvalue weighted by Crippen LogP contribution is 2.27. The second-order valence-corrected chi connectivity index (χ2v) is 3.82. The Bertz CT molecular complexity index is 320. The number of carbonyl (C=O) groups excluding carboxylic acids is 1. The highest BCUT2D eigenvalue weighted by molar-refractivity contribution is 5.93. The van der Waals surface area contributed by atoms with Gasteiger partial charge in [0.15, 0.2) is 0 Å². The van der Waals surface area contributed by atoms with E-state index in [9.17, 15) is 13.6 Å². The molecule has 16 heavy (non-hydrogen) atoms. The Hall–Kier alpha value is -1.15. The number of piperidine rings is 1. The van der Waals surface area contributed by atoms with Crippen LogP contribution in [0, 0.1) is 11.8 Å². The molecule has 0 bridgehead atoms. The molecule has 1 rings (SSSR count). The van der Waals surface area contributed by atoms with Crippen LogP contribution in [0.3, 0.4) is 0 Å². The molecule has 0 aromatic rings. The van der Waals surface area contributed by atoms with Crippen LogP contribution in [0.15, 0.2) is 0 Å². The van der Waals surface area contributed by atoms with Crippen molar-refractivity contribution in [1.29, 1.82) is 0 Å². The second kappa shape index (κ2) is 5.26. The molecule has 3 nitrogen and oxygen atoms in total. The smallest absolute Gasteiger partial charge is 0.296 e. The minimum absolute atomic E-state index is 0.262. The first-order valence-electron chi connectivity index (χ1n) is 5.33. The van der Waals surface area contributed by atoms with Crippen LogP contribution in [0.25, 0.3) is 0 Å². The fourth-order valence-corrected chi connectivity index (χ4v) is 1.77. The minimum atomic E-state index is -2.88. The van der Waals surface area contributed by atoms with Crippen molar-refractivity contribution in [3.8, 4) is 11.8 Å². The molecule has 1 fully saturated rings. The Kier molecular flexibility index (Phi) is 4.25. The van der Waals surface area contributed by atoms with Crippen molar-refractivity contribution in [2.45, 2.75) is 32.2 Å². The number of hydrogen-bond donors (Lipinski definition) is 1. The molecule has 0 aliphatic carbocycles. The molecular weight excluding hydrogens is 214 g/mol. The van der Waals surface area contributed by atoms with E-state index in [1.54, 1.807) is 4.90 Å². The Morgan fingerprint density at radius 1 is 1.62 bits per heavy atom. The number of alkyl halides is 2. The Morgan fingerprint density at radius 2 is 2.31 bits per heavy atom. The maximum absolute atomic E-state index is 13.6. The molecule has 1 saturated heterocycles. The number of rotatable bonds is 2. The monoisotopic (exact) mass is 230 g/mol. The quantitative estimate of drug-likeness (QED) is 0.713. The molecule has 1 aliphatic heterocycles. The number of halogens is 2. The highest BCUT2D eigenvalue weighted by atomic mass is 19.3. The van der Waals surface area contributed by atoms with Gasteiger partial charge in [0.05, 0.1) is 12.6 Å². The van der Waals surface area contributed by atoms with E-state index in [1.165, 1.54) is 6.92 Å². The molecule has 1 amide bonds. The summed E-state index contributed by atoms with van der Waals surface area (Å²) in [7, 11) is 0. The zero-order valence-corrected chi connectivity index (χ0v) is 9.52. The fraction of sp³-hybridized carbons (Fsp3) is 0.727. The topological polar surface area (TPSA) is 32.3 Å². The van der Waals surface area contributed by atoms with Crippen LogP contribution < -0.4 is 5.32 Å². The van der Waals surface area contributed by atoms with Gasteiger partial charge < -0.3 is 5.32 Å². The standard InChI is InChI=1S/C11H16F2N2O/c1-3-5-10(16)14-9-6-7-15(4-2)8-11(9,12)13/h9H,4,6-8H2,1-2H3,(H,14,16). The number of nitrogens with zero attached hydrogens (tertiary/aromatic N) is 1. The summed E-state index contributed by atoms with van der Waals surface area (Å²) in [6.45, 7) is 4.23. The first kappa shape index (κ1) is 12.9. The maximum Gasteiger partial charge on any atom is 0.296 e. The summed E-state index contributed by atoms with van der Waals surface area (Å²) in [4.78, 5) is 12.8. The van der Waals surface area contributed by atoms with Gasteiger partial charge in [-0.15, -0.1) is 0 Å². The molecule has 1 atom stereocenters. The summed E-state index contributed by atoms with van der Waals surface area (Å²) in [5, 5.41) is 2.27. The normalized spacial score (nSPS) is 24.4. The van der Waals surface area contributed by atoms with Gasteiger partial charge in [-0.05, 0) is 25.8 Å². The van der Waals surface area contributed by atoms with E-state index in [2.05, 4.69) is 17.2 Å². The number of hydrogen-bond acceptors (Lipinski definition) is 2. The lowest BCUT2D eigenvalue weighted by Gasteiger charge is -2.37. The van der Waals surface area contributed by atoms with Gasteiger partial charge in [-0.3, -0.25) is 9.69 Å². The van der Waals surface area contributed by atoms with Crippen LogP contribution in [-0.2, 0) is 4.79 Å². The summed E-state index contributed by atoms with van der Waals surface area (Å²) < 4.78 is 27.2. The summed E-state index contributed by atoms with van der Waals surface area (Å²) in [5.74, 6) is 1.09. The van der Waals surface area contributed by atoms with Crippen molar-refractivity contribution in [2.75, 3.05) is 19.6 Å². The van der Waals surface area contributed by atoms with Gasteiger partial charge in [0, 0.05) is 6.54 Å². The van der Waals surface area contributed by atoms with Crippen molar-refractivity contribution in [3.63, 3.8) is 0 Å². The van der Waals surface area contributed by atoms with Crippen LogP contribution in [0.5, 0.6) is 0 Å². The first-order chi connectivity index (χ1) is 7.49. The predicted octanol–water partition coefficient (Wildman–Crippen LogP) is 0.855. The number of likely N-dealkylation sites (tertiary alicyclic amines) is 1. The van der Waals surface area contributed by atoms with Gasteiger partial charge in [-0.1, -0.05) is 12.8 Å². The molecule has 0 saturated carbocycles. The number of carbonyl (C=O) groups is 1. The molecule has 5 heteroatoms. The van der Waals surface area contributed by atoms with E-state index in [0.29, 0.717) is 13.1 Å². The lowest BCUT2D eigenvalue weighted by Crippen LogP contribution is -2.58. The van der Waals surface area contributed by atoms with Gasteiger partial charge >= 0.3 is 0 Å². The molecule has 90 valence electrons. The van der Waals surface area contributed by atoms with E-state index < -0.39 is 17.9 Å². The Labute approximate surface area is 94.2 Å². The predicted molar refractivity (Wildman–Crippen MR) is 57.1 cm³/mol. The van der Waals surface area contributed by atoms with Gasteiger partial charge in [0.25, 0.3) is 11.8 Å². The van der Waals surface area contributed by atoms with Crippen LogP contribution in [0.2, 0.25) is 0 Å². The van der Waals surface area contributed by atoms with E-state index in [0.717, 1.165) is 0 Å². The average Bonchev–Trinajstić information content (AvgIpc) is 2.21. The minimum Gasteiger partial charge on any atom is -0.336 e. The number of amides is 1. The molecular formula is C11H16F2N2O. The average molecular weight is 230 g/mol. The third kappa shape index (κ3) is 3.17. The van der Waals surface area contributed by atoms with Gasteiger partial charge in [-0.25, -0.2) is 8.78 Å². The molecule has 0 radical (unpaired) electrons. The lowest BCUT2D eigenvalue weighted by atomic mass is 10.0. The zero-order valence-electron chi connectivity index (χ0n) is 9.52. The highest BCUT2D eigenvalue weighted by Gasteiger charge is 2.44. The third-order valence-corrected chi connectivity index (χ3v) is 2.67. The van der Waals surface area contributed by atoms with Crippen molar-refractivity contribution >= 4 is 5.91 Å². The van der Waals surface area contributed by atoms with Crippen LogP contribution in [0.4, 0.5) is 8.78 Å². The van der Waals surface area contributed by atoms with E-state index in [-0.39, 0.29) is 13.0 Å². The SMILES string of the molecule is CC#CC(=O)NC1CCN(CC)CC1(F)F. The second-order valence-electron chi connectivity index (χ2n) is 3.82. The molecule has 0 aromatic carbocycles. The summed E-state index contributed by atoms with van der Waals surface area (Å²) >= 11 is 0. The van der Waals surface area contributed by atoms with Crippen molar-refractivity contribution < 1.29 is 13.6 Å². The molecule has 0 aromatic heterocycles. The zero-order chi connectivity index (χ0) is 12.2. The maximum atomic E-state index is 13.6. The van der Waals surface area contributed by atoms with Crippen LogP contribution in [-0.4, -0.2) is 42.4 Å². The third-order valence-electron chi connectivity index (χ3n) is 2.67. The summed E-state index contributed by atoms with van der Waals surface area (Å²) in [6.07, 6.45) is 0.262. The first-order valence-corrected chi connectivity index (χ1v) is 5.33. The Balaban J connectivity index is 2.60. The summed E-state index contributed by atoms with van der Waals surface area (Å²) in [5.41, 5.74) is 0. The molecule has 1 N–H and O–H groups in total. The molecule has 0 spiro atoms. The van der Waals surface area contributed by atoms with Gasteiger partial charge in [0.1, 0.15) is 0 Å². The Morgan fingerprint density at radius 3 is 2.81 bits per heavy atom. The van der Waals surface area contributed by atoms with Crippen molar-refractivity contribution in [3.05, 3.63) is 0 Å². The number of nitrogens with one attached hydrogen (secondary N) is 1. The molecule has 1 unspecified atom stereocenters.